The molecule has 0 spiro atoms. The molecule has 6 heteroatoms. The van der Waals surface area contributed by atoms with Crippen molar-refractivity contribution in [1.82, 2.24) is 9.55 Å². The third-order valence-electron chi connectivity index (χ3n) is 3.85. The molecule has 0 atom stereocenters. The van der Waals surface area contributed by atoms with Crippen molar-refractivity contribution >= 4 is 28.5 Å². The zero-order valence-electron chi connectivity index (χ0n) is 10.8. The first kappa shape index (κ1) is 13.8. The number of halogens is 1. The summed E-state index contributed by atoms with van der Waals surface area (Å²) >= 11 is 2.02. The Labute approximate surface area is 121 Å². The Bertz CT molecular complexity index is 491. The van der Waals surface area contributed by atoms with Crippen LogP contribution in [0.2, 0.25) is 0 Å². The third kappa shape index (κ3) is 2.54. The largest absolute Gasteiger partial charge is 0.342 e. The van der Waals surface area contributed by atoms with Crippen molar-refractivity contribution in [2.45, 2.75) is 19.8 Å². The molecule has 1 saturated heterocycles. The van der Waals surface area contributed by atoms with Crippen LogP contribution in [0.1, 0.15) is 19.8 Å². The number of anilines is 1. The Morgan fingerprint density at radius 1 is 1.50 bits per heavy atom. The second-order valence-electron chi connectivity index (χ2n) is 5.27. The third-order valence-corrected chi connectivity index (χ3v) is 4.59. The molecule has 1 aliphatic rings. The van der Waals surface area contributed by atoms with Crippen LogP contribution in [0.25, 0.3) is 0 Å². The zero-order valence-corrected chi connectivity index (χ0v) is 13.0. The van der Waals surface area contributed by atoms with Crippen LogP contribution < -0.4 is 16.2 Å². The lowest BCUT2D eigenvalue weighted by Gasteiger charge is -2.39. The maximum atomic E-state index is 11.9. The van der Waals surface area contributed by atoms with E-state index in [4.69, 9.17) is 5.73 Å². The molecular weight excluding hydrogens is 343 g/mol. The summed E-state index contributed by atoms with van der Waals surface area (Å²) in [6.07, 6.45) is 3.74. The molecule has 1 aromatic heterocycles. The zero-order chi connectivity index (χ0) is 13.3. The van der Waals surface area contributed by atoms with E-state index >= 15 is 0 Å². The summed E-state index contributed by atoms with van der Waals surface area (Å²) in [6, 6.07) is 0. The minimum Gasteiger partial charge on any atom is -0.342 e. The average molecular weight is 362 g/mol. The van der Waals surface area contributed by atoms with E-state index in [1.807, 2.05) is 22.6 Å². The summed E-state index contributed by atoms with van der Waals surface area (Å²) in [7, 11) is 1.78. The van der Waals surface area contributed by atoms with Gasteiger partial charge in [0.1, 0.15) is 0 Å². The number of nitrogens with two attached hydrogens (primary N) is 1. The van der Waals surface area contributed by atoms with Crippen molar-refractivity contribution < 1.29 is 0 Å². The molecule has 0 aromatic carbocycles. The number of hydrogen-bond acceptors (Lipinski definition) is 4. The van der Waals surface area contributed by atoms with Gasteiger partial charge in [-0.25, -0.2) is 4.98 Å². The fourth-order valence-electron chi connectivity index (χ4n) is 2.25. The van der Waals surface area contributed by atoms with Crippen LogP contribution in [-0.4, -0.2) is 29.2 Å². The van der Waals surface area contributed by atoms with Crippen molar-refractivity contribution in [3.63, 3.8) is 0 Å². The highest BCUT2D eigenvalue weighted by atomic mass is 127. The Balaban J connectivity index is 2.20. The Kier molecular flexibility index (Phi) is 3.96. The van der Waals surface area contributed by atoms with Crippen molar-refractivity contribution in [3.05, 3.63) is 20.1 Å². The number of rotatable bonds is 2. The predicted molar refractivity (Wildman–Crippen MR) is 80.8 cm³/mol. The van der Waals surface area contributed by atoms with Gasteiger partial charge in [0.05, 0.1) is 3.57 Å². The van der Waals surface area contributed by atoms with E-state index in [1.54, 1.807) is 17.8 Å². The first-order chi connectivity index (χ1) is 8.47. The number of piperidine rings is 1. The van der Waals surface area contributed by atoms with Gasteiger partial charge in [0.2, 0.25) is 5.95 Å². The highest BCUT2D eigenvalue weighted by Crippen LogP contribution is 2.30. The summed E-state index contributed by atoms with van der Waals surface area (Å²) in [6.45, 7) is 4.77. The number of nitrogens with zero attached hydrogens (tertiary/aromatic N) is 3. The summed E-state index contributed by atoms with van der Waals surface area (Å²) in [5, 5.41) is 0. The summed E-state index contributed by atoms with van der Waals surface area (Å²) in [4.78, 5) is 18.4. The van der Waals surface area contributed by atoms with Gasteiger partial charge in [0, 0.05) is 26.3 Å². The van der Waals surface area contributed by atoms with Crippen molar-refractivity contribution in [3.8, 4) is 0 Å². The van der Waals surface area contributed by atoms with Gasteiger partial charge in [-0.2, -0.15) is 0 Å². The molecule has 2 heterocycles. The van der Waals surface area contributed by atoms with E-state index in [1.165, 1.54) is 0 Å². The van der Waals surface area contributed by atoms with E-state index in [-0.39, 0.29) is 11.0 Å². The highest BCUT2D eigenvalue weighted by molar-refractivity contribution is 14.1. The molecule has 5 nitrogen and oxygen atoms in total. The predicted octanol–water partition coefficient (Wildman–Crippen LogP) is 0.950. The molecule has 100 valence electrons. The van der Waals surface area contributed by atoms with Crippen molar-refractivity contribution in [2.75, 3.05) is 24.5 Å². The first-order valence-corrected chi connectivity index (χ1v) is 7.21. The highest BCUT2D eigenvalue weighted by Gasteiger charge is 2.30. The molecule has 0 unspecified atom stereocenters. The first-order valence-electron chi connectivity index (χ1n) is 6.13. The smallest absolute Gasteiger partial charge is 0.268 e. The number of aromatic nitrogens is 2. The second kappa shape index (κ2) is 5.16. The van der Waals surface area contributed by atoms with Crippen molar-refractivity contribution in [1.29, 1.82) is 0 Å². The molecule has 2 N–H and O–H groups in total. The van der Waals surface area contributed by atoms with E-state index in [0.717, 1.165) is 38.4 Å². The summed E-state index contributed by atoms with van der Waals surface area (Å²) in [5.74, 6) is 0.763. The molecule has 18 heavy (non-hydrogen) atoms. The van der Waals surface area contributed by atoms with Gasteiger partial charge in [-0.15, -0.1) is 0 Å². The van der Waals surface area contributed by atoms with E-state index in [9.17, 15) is 4.79 Å². The van der Waals surface area contributed by atoms with Crippen LogP contribution in [0, 0.1) is 8.99 Å². The molecule has 2 rings (SSSR count). The minimum absolute atomic E-state index is 0.0211. The molecule has 1 fully saturated rings. The fourth-order valence-corrected chi connectivity index (χ4v) is 2.75. The quantitative estimate of drug-likeness (QED) is 0.796. The van der Waals surface area contributed by atoms with Gasteiger partial charge < -0.3 is 10.6 Å². The monoisotopic (exact) mass is 362 g/mol. The molecule has 0 radical (unpaired) electrons. The Morgan fingerprint density at radius 2 is 2.11 bits per heavy atom. The van der Waals surface area contributed by atoms with E-state index < -0.39 is 0 Å². The molecule has 1 aromatic rings. The molecule has 0 aliphatic carbocycles. The van der Waals surface area contributed by atoms with Crippen LogP contribution in [-0.2, 0) is 7.05 Å². The van der Waals surface area contributed by atoms with E-state index in [0.29, 0.717) is 3.57 Å². The molecule has 0 bridgehead atoms. The topological polar surface area (TPSA) is 64.2 Å². The molecular formula is C12H19IN4O. The Hall–Kier alpha value is -0.630. The van der Waals surface area contributed by atoms with E-state index in [2.05, 4.69) is 16.8 Å². The molecule has 1 aliphatic heterocycles. The summed E-state index contributed by atoms with van der Waals surface area (Å²) in [5.41, 5.74) is 6.06. The lowest BCUT2D eigenvalue weighted by Crippen LogP contribution is -2.44. The van der Waals surface area contributed by atoms with Crippen LogP contribution in [0.5, 0.6) is 0 Å². The minimum atomic E-state index is 0.0211. The lowest BCUT2D eigenvalue weighted by molar-refractivity contribution is 0.256. The fraction of sp³-hybridized carbons (Fsp3) is 0.667. The normalized spacial score (nSPS) is 19.0. The van der Waals surface area contributed by atoms with Gasteiger partial charge in [-0.3, -0.25) is 9.36 Å². The number of hydrogen-bond donors (Lipinski definition) is 1. The van der Waals surface area contributed by atoms with Gasteiger partial charge in [-0.05, 0) is 47.4 Å². The maximum Gasteiger partial charge on any atom is 0.268 e. The molecule has 0 amide bonds. The van der Waals surface area contributed by atoms with Gasteiger partial charge >= 0.3 is 0 Å². The summed E-state index contributed by atoms with van der Waals surface area (Å²) < 4.78 is 2.29. The van der Waals surface area contributed by atoms with Crippen LogP contribution in [0.4, 0.5) is 5.95 Å². The molecule has 0 saturated carbocycles. The van der Waals surface area contributed by atoms with Gasteiger partial charge in [-0.1, -0.05) is 6.92 Å². The van der Waals surface area contributed by atoms with Crippen LogP contribution in [0.15, 0.2) is 11.0 Å². The lowest BCUT2D eigenvalue weighted by atomic mass is 9.81. The van der Waals surface area contributed by atoms with Crippen molar-refractivity contribution in [2.24, 2.45) is 18.2 Å². The standard InChI is InChI=1S/C12H19IN4O/c1-12(8-14)3-5-17(6-4-12)11-15-7-9(13)10(18)16(11)2/h7H,3-6,8,14H2,1-2H3. The maximum absolute atomic E-state index is 11.9. The van der Waals surface area contributed by atoms with Gasteiger partial charge in [0.15, 0.2) is 0 Å². The van der Waals surface area contributed by atoms with Gasteiger partial charge in [0.25, 0.3) is 5.56 Å². The SMILES string of the molecule is Cn1c(N2CCC(C)(CN)CC2)ncc(I)c1=O. The second-order valence-corrected chi connectivity index (χ2v) is 6.43. The average Bonchev–Trinajstić information content (AvgIpc) is 2.38. The van der Waals surface area contributed by atoms with Crippen LogP contribution in [0.3, 0.4) is 0 Å². The van der Waals surface area contributed by atoms with Crippen LogP contribution >= 0.6 is 22.6 Å². The Morgan fingerprint density at radius 3 is 2.67 bits per heavy atom.